The standard InChI is InChI=1S/C21H31N3O/c1-15(25)18-11-21(12-18)7-3-20(4-8-21)24-9-5-17(6-10-24)19-13-22-16(2)23-14-19/h13-14,17-18,20H,3-12H2,1-2H3. The Morgan fingerprint density at radius 2 is 1.68 bits per heavy atom. The van der Waals surface area contributed by atoms with E-state index in [2.05, 4.69) is 14.9 Å². The third kappa shape index (κ3) is 3.51. The summed E-state index contributed by atoms with van der Waals surface area (Å²) < 4.78 is 0. The molecule has 0 unspecified atom stereocenters. The number of likely N-dealkylation sites (tertiary alicyclic amines) is 1. The highest BCUT2D eigenvalue weighted by Crippen LogP contribution is 2.55. The monoisotopic (exact) mass is 341 g/mol. The number of aryl methyl sites for hydroxylation is 1. The predicted molar refractivity (Wildman–Crippen MR) is 98.4 cm³/mol. The Hall–Kier alpha value is -1.29. The molecule has 0 aromatic carbocycles. The maximum atomic E-state index is 11.5. The molecule has 2 heterocycles. The van der Waals surface area contributed by atoms with Crippen molar-refractivity contribution in [1.82, 2.24) is 14.9 Å². The average molecular weight is 341 g/mol. The van der Waals surface area contributed by atoms with Crippen LogP contribution in [0.1, 0.15) is 75.6 Å². The van der Waals surface area contributed by atoms with Gasteiger partial charge in [-0.3, -0.25) is 4.79 Å². The van der Waals surface area contributed by atoms with E-state index in [4.69, 9.17) is 0 Å². The van der Waals surface area contributed by atoms with Crippen molar-refractivity contribution in [2.75, 3.05) is 13.1 Å². The van der Waals surface area contributed by atoms with Crippen LogP contribution in [0.2, 0.25) is 0 Å². The summed E-state index contributed by atoms with van der Waals surface area (Å²) in [4.78, 5) is 23.0. The van der Waals surface area contributed by atoms with Gasteiger partial charge in [0, 0.05) is 24.4 Å². The molecule has 136 valence electrons. The molecule has 0 atom stereocenters. The number of carbonyl (C=O) groups is 1. The van der Waals surface area contributed by atoms with Crippen molar-refractivity contribution in [3.8, 4) is 0 Å². The number of hydrogen-bond donors (Lipinski definition) is 0. The van der Waals surface area contributed by atoms with Crippen LogP contribution in [0.3, 0.4) is 0 Å². The second-order valence-corrected chi connectivity index (χ2v) is 8.82. The second kappa shape index (κ2) is 6.79. The third-order valence-electron chi connectivity index (χ3n) is 7.27. The lowest BCUT2D eigenvalue weighted by Crippen LogP contribution is -2.48. The largest absolute Gasteiger partial charge is 0.300 e. The van der Waals surface area contributed by atoms with Gasteiger partial charge < -0.3 is 4.90 Å². The molecule has 0 radical (unpaired) electrons. The van der Waals surface area contributed by atoms with Crippen LogP contribution in [0.4, 0.5) is 0 Å². The number of ketones is 1. The highest BCUT2D eigenvalue weighted by Gasteiger charge is 2.48. The highest BCUT2D eigenvalue weighted by atomic mass is 16.1. The molecular weight excluding hydrogens is 310 g/mol. The Kier molecular flexibility index (Phi) is 4.65. The molecule has 1 aromatic rings. The lowest BCUT2D eigenvalue weighted by atomic mass is 9.54. The van der Waals surface area contributed by atoms with Crippen molar-refractivity contribution >= 4 is 5.78 Å². The molecule has 4 nitrogen and oxygen atoms in total. The van der Waals surface area contributed by atoms with Crippen molar-refractivity contribution in [3.63, 3.8) is 0 Å². The first-order valence-electron chi connectivity index (χ1n) is 10.1. The van der Waals surface area contributed by atoms with Crippen molar-refractivity contribution in [1.29, 1.82) is 0 Å². The van der Waals surface area contributed by atoms with Gasteiger partial charge in [0.2, 0.25) is 0 Å². The Morgan fingerprint density at radius 1 is 1.08 bits per heavy atom. The predicted octanol–water partition coefficient (Wildman–Crippen LogP) is 3.89. The molecular formula is C21H31N3O. The van der Waals surface area contributed by atoms with E-state index in [0.717, 1.165) is 11.9 Å². The lowest BCUT2D eigenvalue weighted by Gasteiger charge is -2.52. The quantitative estimate of drug-likeness (QED) is 0.837. The first kappa shape index (κ1) is 17.1. The molecule has 0 N–H and O–H groups in total. The molecule has 4 heteroatoms. The summed E-state index contributed by atoms with van der Waals surface area (Å²) in [6, 6.07) is 0.775. The van der Waals surface area contributed by atoms with Crippen LogP contribution in [0, 0.1) is 18.3 Å². The topological polar surface area (TPSA) is 46.1 Å². The minimum atomic E-state index is 0.379. The molecule has 0 amide bonds. The number of piperidine rings is 1. The molecule has 4 rings (SSSR count). The summed E-state index contributed by atoms with van der Waals surface area (Å²) in [5.41, 5.74) is 1.85. The number of rotatable bonds is 3. The average Bonchev–Trinajstić information content (AvgIpc) is 2.60. The first-order chi connectivity index (χ1) is 12.0. The first-order valence-corrected chi connectivity index (χ1v) is 10.1. The molecule has 0 bridgehead atoms. The Morgan fingerprint density at radius 3 is 2.24 bits per heavy atom. The Labute approximate surface area is 151 Å². The van der Waals surface area contributed by atoms with E-state index in [0.29, 0.717) is 23.0 Å². The zero-order valence-corrected chi connectivity index (χ0v) is 15.7. The van der Waals surface area contributed by atoms with Crippen LogP contribution >= 0.6 is 0 Å². The fraction of sp³-hybridized carbons (Fsp3) is 0.762. The minimum Gasteiger partial charge on any atom is -0.300 e. The molecule has 1 spiro atoms. The van der Waals surface area contributed by atoms with Gasteiger partial charge in [0.1, 0.15) is 11.6 Å². The fourth-order valence-electron chi connectivity index (χ4n) is 5.47. The Bertz CT molecular complexity index is 603. The van der Waals surface area contributed by atoms with Gasteiger partial charge in [0.05, 0.1) is 0 Å². The van der Waals surface area contributed by atoms with E-state index in [1.807, 2.05) is 19.3 Å². The van der Waals surface area contributed by atoms with E-state index < -0.39 is 0 Å². The molecule has 1 aliphatic heterocycles. The SMILES string of the molecule is CC(=O)C1CC2(CCC(N3CCC(c4cnc(C)nc4)CC3)CC2)C1. The molecule has 2 saturated carbocycles. The van der Waals surface area contributed by atoms with Gasteiger partial charge in [0.25, 0.3) is 0 Å². The zero-order valence-electron chi connectivity index (χ0n) is 15.7. The number of Topliss-reactive ketones (excluding diaryl/α,β-unsaturated/α-hetero) is 1. The van der Waals surface area contributed by atoms with Gasteiger partial charge in [-0.15, -0.1) is 0 Å². The molecule has 1 aromatic heterocycles. The van der Waals surface area contributed by atoms with Crippen molar-refractivity contribution in [3.05, 3.63) is 23.8 Å². The number of hydrogen-bond acceptors (Lipinski definition) is 4. The van der Waals surface area contributed by atoms with E-state index in [-0.39, 0.29) is 0 Å². The number of carbonyl (C=O) groups excluding carboxylic acids is 1. The summed E-state index contributed by atoms with van der Waals surface area (Å²) in [5.74, 6) is 2.29. The van der Waals surface area contributed by atoms with Crippen LogP contribution in [-0.4, -0.2) is 39.8 Å². The second-order valence-electron chi connectivity index (χ2n) is 8.82. The maximum Gasteiger partial charge on any atom is 0.132 e. The minimum absolute atomic E-state index is 0.379. The summed E-state index contributed by atoms with van der Waals surface area (Å²) in [5, 5.41) is 0. The van der Waals surface area contributed by atoms with Gasteiger partial charge in [-0.2, -0.15) is 0 Å². The Balaban J connectivity index is 1.25. The van der Waals surface area contributed by atoms with E-state index >= 15 is 0 Å². The van der Waals surface area contributed by atoms with Crippen LogP contribution < -0.4 is 0 Å². The normalized spacial score (nSPS) is 34.0. The lowest BCUT2D eigenvalue weighted by molar-refractivity contribution is -0.130. The van der Waals surface area contributed by atoms with E-state index in [9.17, 15) is 4.79 Å². The molecule has 2 aliphatic carbocycles. The van der Waals surface area contributed by atoms with Crippen molar-refractivity contribution in [2.24, 2.45) is 11.3 Å². The maximum absolute atomic E-state index is 11.5. The number of nitrogens with zero attached hydrogens (tertiary/aromatic N) is 3. The van der Waals surface area contributed by atoms with E-state index in [1.54, 1.807) is 6.92 Å². The molecule has 25 heavy (non-hydrogen) atoms. The summed E-state index contributed by atoms with van der Waals surface area (Å²) in [6.07, 6.45) is 14.2. The van der Waals surface area contributed by atoms with Gasteiger partial charge in [0.15, 0.2) is 0 Å². The summed E-state index contributed by atoms with van der Waals surface area (Å²) in [6.45, 7) is 6.15. The summed E-state index contributed by atoms with van der Waals surface area (Å²) in [7, 11) is 0. The molecule has 1 saturated heterocycles. The summed E-state index contributed by atoms with van der Waals surface area (Å²) >= 11 is 0. The number of aromatic nitrogens is 2. The van der Waals surface area contributed by atoms with Crippen LogP contribution in [0.25, 0.3) is 0 Å². The van der Waals surface area contributed by atoms with Crippen LogP contribution in [-0.2, 0) is 4.79 Å². The fourth-order valence-corrected chi connectivity index (χ4v) is 5.47. The van der Waals surface area contributed by atoms with Gasteiger partial charge in [-0.05, 0) is 95.2 Å². The smallest absolute Gasteiger partial charge is 0.132 e. The van der Waals surface area contributed by atoms with Crippen molar-refractivity contribution < 1.29 is 4.79 Å². The highest BCUT2D eigenvalue weighted by molar-refractivity contribution is 5.79. The zero-order chi connectivity index (χ0) is 17.4. The van der Waals surface area contributed by atoms with Crippen molar-refractivity contribution in [2.45, 2.75) is 77.2 Å². The molecule has 3 fully saturated rings. The van der Waals surface area contributed by atoms with Crippen LogP contribution in [0.15, 0.2) is 12.4 Å². The van der Waals surface area contributed by atoms with Crippen LogP contribution in [0.5, 0.6) is 0 Å². The van der Waals surface area contributed by atoms with Gasteiger partial charge >= 0.3 is 0 Å². The molecule has 3 aliphatic rings. The van der Waals surface area contributed by atoms with Gasteiger partial charge in [-0.1, -0.05) is 0 Å². The van der Waals surface area contributed by atoms with E-state index in [1.165, 1.54) is 70.0 Å². The third-order valence-corrected chi connectivity index (χ3v) is 7.27. The van der Waals surface area contributed by atoms with Gasteiger partial charge in [-0.25, -0.2) is 9.97 Å².